The Balaban J connectivity index is 2.10. The summed E-state index contributed by atoms with van der Waals surface area (Å²) in [5.74, 6) is 0.770. The third-order valence-corrected chi connectivity index (χ3v) is 3.24. The van der Waals surface area contributed by atoms with Gasteiger partial charge in [-0.05, 0) is 24.2 Å². The van der Waals surface area contributed by atoms with Crippen LogP contribution < -0.4 is 11.1 Å². The summed E-state index contributed by atoms with van der Waals surface area (Å²) in [5.41, 5.74) is 6.13. The molecule has 2 unspecified atom stereocenters. The lowest BCUT2D eigenvalue weighted by molar-refractivity contribution is -0.121. The number of amides is 1. The van der Waals surface area contributed by atoms with Gasteiger partial charge in [0.25, 0.3) is 0 Å². The molecule has 1 saturated carbocycles. The van der Waals surface area contributed by atoms with Gasteiger partial charge in [0.05, 0.1) is 0 Å². The van der Waals surface area contributed by atoms with Crippen LogP contribution in [0.15, 0.2) is 0 Å². The van der Waals surface area contributed by atoms with Crippen LogP contribution >= 0.6 is 0 Å². The number of nitrogens with two attached hydrogens (primary N) is 1. The van der Waals surface area contributed by atoms with Gasteiger partial charge < -0.3 is 11.1 Å². The predicted octanol–water partition coefficient (Wildman–Crippen LogP) is 1.28. The van der Waals surface area contributed by atoms with Gasteiger partial charge in [-0.2, -0.15) is 0 Å². The Hall–Kier alpha value is -0.570. The van der Waals surface area contributed by atoms with Crippen molar-refractivity contribution >= 4 is 5.91 Å². The van der Waals surface area contributed by atoms with E-state index in [0.29, 0.717) is 17.8 Å². The molecular formula is C11H22N2O. The van der Waals surface area contributed by atoms with Gasteiger partial charge in [0, 0.05) is 19.0 Å². The molecule has 82 valence electrons. The highest BCUT2D eigenvalue weighted by Crippen LogP contribution is 2.50. The number of hydrogen-bond donors (Lipinski definition) is 2. The van der Waals surface area contributed by atoms with Crippen molar-refractivity contribution in [3.63, 3.8) is 0 Å². The minimum Gasteiger partial charge on any atom is -0.356 e. The molecule has 1 aliphatic rings. The summed E-state index contributed by atoms with van der Waals surface area (Å²) in [4.78, 5) is 11.4. The molecule has 0 aromatic carbocycles. The average Bonchev–Trinajstić information content (AvgIpc) is 2.70. The van der Waals surface area contributed by atoms with Gasteiger partial charge >= 0.3 is 0 Å². The van der Waals surface area contributed by atoms with Gasteiger partial charge in [-0.1, -0.05) is 20.8 Å². The van der Waals surface area contributed by atoms with Crippen molar-refractivity contribution in [2.24, 2.45) is 17.1 Å². The van der Waals surface area contributed by atoms with Crippen molar-refractivity contribution in [1.82, 2.24) is 5.32 Å². The molecule has 0 heterocycles. The second-order valence-corrected chi connectivity index (χ2v) is 5.07. The zero-order valence-corrected chi connectivity index (χ0v) is 9.47. The maximum Gasteiger partial charge on any atom is 0.221 e. The van der Waals surface area contributed by atoms with E-state index in [9.17, 15) is 4.79 Å². The molecule has 0 aliphatic heterocycles. The number of hydrogen-bond acceptors (Lipinski definition) is 2. The Bertz CT molecular complexity index is 213. The molecule has 3 nitrogen and oxygen atoms in total. The molecule has 2 atom stereocenters. The quantitative estimate of drug-likeness (QED) is 0.699. The van der Waals surface area contributed by atoms with E-state index < -0.39 is 0 Å². The molecule has 0 spiro atoms. The minimum absolute atomic E-state index is 0.0159. The fourth-order valence-corrected chi connectivity index (χ4v) is 1.62. The van der Waals surface area contributed by atoms with Gasteiger partial charge in [0.15, 0.2) is 0 Å². The summed E-state index contributed by atoms with van der Waals surface area (Å²) in [5, 5.41) is 2.95. The standard InChI is InChI=1S/C11H22N2O/c1-4-9(12)5-10(14)13-7-8-6-11(8,2)3/h8-9H,4-7,12H2,1-3H3,(H,13,14). The topological polar surface area (TPSA) is 55.1 Å². The van der Waals surface area contributed by atoms with Crippen LogP contribution in [-0.4, -0.2) is 18.5 Å². The van der Waals surface area contributed by atoms with Crippen LogP contribution in [0.25, 0.3) is 0 Å². The van der Waals surface area contributed by atoms with Crippen molar-refractivity contribution < 1.29 is 4.79 Å². The first-order chi connectivity index (χ1) is 6.45. The molecule has 0 aromatic heterocycles. The highest BCUT2D eigenvalue weighted by molar-refractivity contribution is 5.76. The summed E-state index contributed by atoms with van der Waals surface area (Å²) in [6.07, 6.45) is 2.55. The number of rotatable bonds is 5. The van der Waals surface area contributed by atoms with Crippen molar-refractivity contribution in [1.29, 1.82) is 0 Å². The number of carbonyl (C=O) groups is 1. The van der Waals surface area contributed by atoms with E-state index in [1.807, 2.05) is 6.92 Å². The molecule has 1 amide bonds. The van der Waals surface area contributed by atoms with E-state index in [4.69, 9.17) is 5.73 Å². The second kappa shape index (κ2) is 4.30. The molecule has 0 bridgehead atoms. The highest BCUT2D eigenvalue weighted by Gasteiger charge is 2.45. The fourth-order valence-electron chi connectivity index (χ4n) is 1.62. The van der Waals surface area contributed by atoms with E-state index in [-0.39, 0.29) is 11.9 Å². The average molecular weight is 198 g/mol. The first kappa shape index (κ1) is 11.5. The molecule has 0 radical (unpaired) electrons. The Morgan fingerprint density at radius 3 is 2.64 bits per heavy atom. The van der Waals surface area contributed by atoms with Crippen LogP contribution in [0.1, 0.15) is 40.0 Å². The monoisotopic (exact) mass is 198 g/mol. The van der Waals surface area contributed by atoms with Crippen LogP contribution in [0.3, 0.4) is 0 Å². The third-order valence-electron chi connectivity index (χ3n) is 3.24. The Labute approximate surface area is 86.4 Å². The van der Waals surface area contributed by atoms with Gasteiger partial charge in [-0.25, -0.2) is 0 Å². The summed E-state index contributed by atoms with van der Waals surface area (Å²) < 4.78 is 0. The largest absolute Gasteiger partial charge is 0.356 e. The lowest BCUT2D eigenvalue weighted by Crippen LogP contribution is -2.32. The summed E-state index contributed by atoms with van der Waals surface area (Å²) in [6.45, 7) is 7.30. The van der Waals surface area contributed by atoms with Crippen molar-refractivity contribution in [2.75, 3.05) is 6.54 Å². The first-order valence-electron chi connectivity index (χ1n) is 5.48. The molecular weight excluding hydrogens is 176 g/mol. The number of nitrogens with one attached hydrogen (secondary N) is 1. The zero-order chi connectivity index (χ0) is 10.8. The molecule has 0 aromatic rings. The van der Waals surface area contributed by atoms with E-state index in [0.717, 1.165) is 13.0 Å². The summed E-state index contributed by atoms with van der Waals surface area (Å²) in [7, 11) is 0. The molecule has 1 rings (SSSR count). The van der Waals surface area contributed by atoms with Gasteiger partial charge in [0.2, 0.25) is 5.91 Å². The Kier molecular flexibility index (Phi) is 3.53. The molecule has 0 saturated heterocycles. The third kappa shape index (κ3) is 3.29. The van der Waals surface area contributed by atoms with E-state index >= 15 is 0 Å². The maximum atomic E-state index is 11.4. The first-order valence-corrected chi connectivity index (χ1v) is 5.48. The lowest BCUT2D eigenvalue weighted by Gasteiger charge is -2.09. The highest BCUT2D eigenvalue weighted by atomic mass is 16.1. The molecule has 1 fully saturated rings. The van der Waals surface area contributed by atoms with Crippen molar-refractivity contribution in [3.8, 4) is 0 Å². The van der Waals surface area contributed by atoms with E-state index in [1.54, 1.807) is 0 Å². The molecule has 3 N–H and O–H groups in total. The SMILES string of the molecule is CCC(N)CC(=O)NCC1CC1(C)C. The van der Waals surface area contributed by atoms with Crippen molar-refractivity contribution in [3.05, 3.63) is 0 Å². The molecule has 3 heteroatoms. The predicted molar refractivity (Wildman–Crippen MR) is 57.8 cm³/mol. The second-order valence-electron chi connectivity index (χ2n) is 5.07. The van der Waals surface area contributed by atoms with E-state index in [1.165, 1.54) is 6.42 Å². The van der Waals surface area contributed by atoms with Crippen LogP contribution in [0.4, 0.5) is 0 Å². The van der Waals surface area contributed by atoms with Gasteiger partial charge in [-0.3, -0.25) is 4.79 Å². The maximum absolute atomic E-state index is 11.4. The number of carbonyl (C=O) groups excluding carboxylic acids is 1. The molecule has 14 heavy (non-hydrogen) atoms. The van der Waals surface area contributed by atoms with Crippen molar-refractivity contribution in [2.45, 2.75) is 46.1 Å². The fraction of sp³-hybridized carbons (Fsp3) is 0.909. The molecule has 1 aliphatic carbocycles. The summed E-state index contributed by atoms with van der Waals surface area (Å²) in [6, 6.07) is 0.0159. The van der Waals surface area contributed by atoms with Gasteiger partial charge in [-0.15, -0.1) is 0 Å². The normalized spacial score (nSPS) is 25.6. The van der Waals surface area contributed by atoms with E-state index in [2.05, 4.69) is 19.2 Å². The minimum atomic E-state index is 0.0159. The Morgan fingerprint density at radius 1 is 1.64 bits per heavy atom. The zero-order valence-electron chi connectivity index (χ0n) is 9.47. The van der Waals surface area contributed by atoms with Crippen LogP contribution in [0.5, 0.6) is 0 Å². The van der Waals surface area contributed by atoms with Crippen LogP contribution in [0, 0.1) is 11.3 Å². The Morgan fingerprint density at radius 2 is 2.21 bits per heavy atom. The lowest BCUT2D eigenvalue weighted by atomic mass is 10.1. The smallest absolute Gasteiger partial charge is 0.221 e. The summed E-state index contributed by atoms with van der Waals surface area (Å²) >= 11 is 0. The van der Waals surface area contributed by atoms with Crippen LogP contribution in [0.2, 0.25) is 0 Å². The van der Waals surface area contributed by atoms with Crippen LogP contribution in [-0.2, 0) is 4.79 Å². The van der Waals surface area contributed by atoms with Gasteiger partial charge in [0.1, 0.15) is 0 Å².